The maximum absolute atomic E-state index is 11.5. The molecule has 0 unspecified atom stereocenters. The van der Waals surface area contributed by atoms with Crippen molar-refractivity contribution in [1.29, 1.82) is 0 Å². The van der Waals surface area contributed by atoms with Crippen LogP contribution in [0.15, 0.2) is 29.2 Å². The van der Waals surface area contributed by atoms with E-state index in [1.807, 2.05) is 12.1 Å². The second kappa shape index (κ2) is 5.84. The van der Waals surface area contributed by atoms with Crippen LogP contribution < -0.4 is 0 Å². The SMILES string of the molecule is C[C@@H]1CN([C@@H](C)c2ccc(S(C)(=O)=O)cc2)CC[C@H]1O. The highest BCUT2D eigenvalue weighted by molar-refractivity contribution is 7.90. The number of piperidine rings is 1. The molecule has 1 aromatic carbocycles. The summed E-state index contributed by atoms with van der Waals surface area (Å²) < 4.78 is 22.9. The van der Waals surface area contributed by atoms with Gasteiger partial charge in [0.05, 0.1) is 11.0 Å². The summed E-state index contributed by atoms with van der Waals surface area (Å²) in [5.41, 5.74) is 1.11. The molecule has 20 heavy (non-hydrogen) atoms. The monoisotopic (exact) mass is 297 g/mol. The normalized spacial score (nSPS) is 26.4. The van der Waals surface area contributed by atoms with E-state index in [4.69, 9.17) is 0 Å². The van der Waals surface area contributed by atoms with Gasteiger partial charge < -0.3 is 5.11 Å². The first-order valence-electron chi connectivity index (χ1n) is 7.01. The lowest BCUT2D eigenvalue weighted by Crippen LogP contribution is -2.42. The Morgan fingerprint density at radius 2 is 1.90 bits per heavy atom. The fourth-order valence-electron chi connectivity index (χ4n) is 2.72. The van der Waals surface area contributed by atoms with Crippen molar-refractivity contribution in [3.8, 4) is 0 Å². The summed E-state index contributed by atoms with van der Waals surface area (Å²) in [6.07, 6.45) is 1.82. The molecule has 4 nitrogen and oxygen atoms in total. The Morgan fingerprint density at radius 3 is 2.40 bits per heavy atom. The molecular formula is C15H23NO3S. The fraction of sp³-hybridized carbons (Fsp3) is 0.600. The van der Waals surface area contributed by atoms with Crippen molar-refractivity contribution in [3.05, 3.63) is 29.8 Å². The number of likely N-dealkylation sites (tertiary alicyclic amines) is 1. The largest absolute Gasteiger partial charge is 0.393 e. The lowest BCUT2D eigenvalue weighted by Gasteiger charge is -2.38. The summed E-state index contributed by atoms with van der Waals surface area (Å²) >= 11 is 0. The predicted molar refractivity (Wildman–Crippen MR) is 79.3 cm³/mol. The molecule has 1 aliphatic rings. The van der Waals surface area contributed by atoms with Gasteiger partial charge in [-0.25, -0.2) is 8.42 Å². The van der Waals surface area contributed by atoms with Crippen LogP contribution >= 0.6 is 0 Å². The van der Waals surface area contributed by atoms with Gasteiger partial charge in [0.1, 0.15) is 0 Å². The standard InChI is InChI=1S/C15H23NO3S/c1-11-10-16(9-8-15(11)17)12(2)13-4-6-14(7-5-13)20(3,18)19/h4-7,11-12,15,17H,8-10H2,1-3H3/t11-,12+,15-/m1/s1. The maximum Gasteiger partial charge on any atom is 0.175 e. The minimum atomic E-state index is -3.13. The van der Waals surface area contributed by atoms with E-state index in [0.29, 0.717) is 4.90 Å². The van der Waals surface area contributed by atoms with E-state index in [1.54, 1.807) is 12.1 Å². The lowest BCUT2D eigenvalue weighted by atomic mass is 9.94. The van der Waals surface area contributed by atoms with E-state index in [9.17, 15) is 13.5 Å². The van der Waals surface area contributed by atoms with Gasteiger partial charge in [0.15, 0.2) is 9.84 Å². The number of nitrogens with zero attached hydrogens (tertiary/aromatic N) is 1. The number of aliphatic hydroxyl groups is 1. The molecule has 1 N–H and O–H groups in total. The van der Waals surface area contributed by atoms with E-state index < -0.39 is 9.84 Å². The van der Waals surface area contributed by atoms with Crippen LogP contribution in [0.4, 0.5) is 0 Å². The van der Waals surface area contributed by atoms with Gasteiger partial charge in [-0.3, -0.25) is 4.90 Å². The molecule has 2 rings (SSSR count). The van der Waals surface area contributed by atoms with Gasteiger partial charge in [0, 0.05) is 25.4 Å². The van der Waals surface area contributed by atoms with Crippen molar-refractivity contribution in [2.75, 3.05) is 19.3 Å². The van der Waals surface area contributed by atoms with Crippen LogP contribution in [-0.2, 0) is 9.84 Å². The van der Waals surface area contributed by atoms with Crippen LogP contribution in [0.2, 0.25) is 0 Å². The molecule has 0 amide bonds. The van der Waals surface area contributed by atoms with Crippen molar-refractivity contribution in [1.82, 2.24) is 4.90 Å². The van der Waals surface area contributed by atoms with E-state index in [2.05, 4.69) is 18.7 Å². The molecule has 1 fully saturated rings. The summed E-state index contributed by atoms with van der Waals surface area (Å²) in [7, 11) is -3.13. The van der Waals surface area contributed by atoms with Crippen molar-refractivity contribution in [3.63, 3.8) is 0 Å². The Morgan fingerprint density at radius 1 is 1.30 bits per heavy atom. The molecule has 0 aliphatic carbocycles. The van der Waals surface area contributed by atoms with Gasteiger partial charge in [-0.2, -0.15) is 0 Å². The van der Waals surface area contributed by atoms with Gasteiger partial charge in [0.25, 0.3) is 0 Å². The second-order valence-corrected chi connectivity index (χ2v) is 7.86. The molecule has 1 heterocycles. The lowest BCUT2D eigenvalue weighted by molar-refractivity contribution is 0.0199. The van der Waals surface area contributed by atoms with Crippen LogP contribution in [0.1, 0.15) is 31.9 Å². The number of hydrogen-bond acceptors (Lipinski definition) is 4. The minimum Gasteiger partial charge on any atom is -0.393 e. The van der Waals surface area contributed by atoms with Gasteiger partial charge in [-0.15, -0.1) is 0 Å². The highest BCUT2D eigenvalue weighted by atomic mass is 32.2. The third kappa shape index (κ3) is 3.40. The molecule has 0 bridgehead atoms. The van der Waals surface area contributed by atoms with Gasteiger partial charge in [-0.1, -0.05) is 19.1 Å². The van der Waals surface area contributed by atoms with Crippen molar-refractivity contribution in [2.24, 2.45) is 5.92 Å². The molecule has 0 radical (unpaired) electrons. The maximum atomic E-state index is 11.5. The van der Waals surface area contributed by atoms with Gasteiger partial charge in [-0.05, 0) is 37.0 Å². The number of aliphatic hydroxyl groups excluding tert-OH is 1. The first-order chi connectivity index (χ1) is 9.29. The number of hydrogen-bond donors (Lipinski definition) is 1. The Kier molecular flexibility index (Phi) is 4.52. The van der Waals surface area contributed by atoms with E-state index in [1.165, 1.54) is 6.26 Å². The van der Waals surface area contributed by atoms with E-state index in [0.717, 1.165) is 25.1 Å². The Hall–Kier alpha value is -0.910. The average Bonchev–Trinajstić information content (AvgIpc) is 2.40. The predicted octanol–water partition coefficient (Wildman–Crippen LogP) is 1.85. The van der Waals surface area contributed by atoms with Crippen LogP contribution in [0.3, 0.4) is 0 Å². The molecule has 5 heteroatoms. The average molecular weight is 297 g/mol. The quantitative estimate of drug-likeness (QED) is 0.925. The summed E-state index contributed by atoms with van der Waals surface area (Å²) in [5.74, 6) is 0.279. The Balaban J connectivity index is 2.11. The highest BCUT2D eigenvalue weighted by Crippen LogP contribution is 2.27. The molecular weight excluding hydrogens is 274 g/mol. The topological polar surface area (TPSA) is 57.6 Å². The van der Waals surface area contributed by atoms with Crippen molar-refractivity contribution < 1.29 is 13.5 Å². The molecule has 1 saturated heterocycles. The summed E-state index contributed by atoms with van der Waals surface area (Å²) in [6, 6.07) is 7.35. The molecule has 0 saturated carbocycles. The van der Waals surface area contributed by atoms with Gasteiger partial charge >= 0.3 is 0 Å². The first kappa shape index (κ1) is 15.5. The molecule has 3 atom stereocenters. The van der Waals surface area contributed by atoms with Crippen molar-refractivity contribution in [2.45, 2.75) is 37.3 Å². The molecule has 112 valence electrons. The minimum absolute atomic E-state index is 0.203. The molecule has 0 spiro atoms. The van der Waals surface area contributed by atoms with E-state index >= 15 is 0 Å². The Bertz CT molecular complexity index is 553. The second-order valence-electron chi connectivity index (χ2n) is 5.85. The fourth-order valence-corrected chi connectivity index (χ4v) is 3.35. The van der Waals surface area contributed by atoms with Crippen LogP contribution in [-0.4, -0.2) is 43.9 Å². The molecule has 1 aromatic rings. The zero-order chi connectivity index (χ0) is 14.9. The molecule has 0 aromatic heterocycles. The third-order valence-electron chi connectivity index (χ3n) is 4.23. The van der Waals surface area contributed by atoms with Crippen LogP contribution in [0.25, 0.3) is 0 Å². The summed E-state index contributed by atoms with van der Waals surface area (Å²) in [6.45, 7) is 5.94. The zero-order valence-electron chi connectivity index (χ0n) is 12.3. The third-order valence-corrected chi connectivity index (χ3v) is 5.36. The summed E-state index contributed by atoms with van der Waals surface area (Å²) in [5, 5.41) is 9.78. The van der Waals surface area contributed by atoms with Crippen molar-refractivity contribution >= 4 is 9.84 Å². The number of sulfone groups is 1. The Labute approximate surface area is 121 Å². The first-order valence-corrected chi connectivity index (χ1v) is 8.90. The molecule has 1 aliphatic heterocycles. The highest BCUT2D eigenvalue weighted by Gasteiger charge is 2.27. The van der Waals surface area contributed by atoms with Gasteiger partial charge in [0.2, 0.25) is 0 Å². The van der Waals surface area contributed by atoms with E-state index in [-0.39, 0.29) is 18.1 Å². The number of benzene rings is 1. The number of rotatable bonds is 3. The smallest absolute Gasteiger partial charge is 0.175 e. The zero-order valence-corrected chi connectivity index (χ0v) is 13.1. The summed E-state index contributed by atoms with van der Waals surface area (Å²) in [4.78, 5) is 2.70. The van der Waals surface area contributed by atoms with Crippen LogP contribution in [0, 0.1) is 5.92 Å². The van der Waals surface area contributed by atoms with Crippen LogP contribution in [0.5, 0.6) is 0 Å².